The van der Waals surface area contributed by atoms with Gasteiger partial charge in [-0.1, -0.05) is 6.55 Å². The Morgan fingerprint density at radius 3 is 2.78 bits per heavy atom. The first-order valence-corrected chi connectivity index (χ1v) is 4.97. The van der Waals surface area contributed by atoms with E-state index in [0.717, 1.165) is 0 Å². The van der Waals surface area contributed by atoms with Gasteiger partial charge in [0.1, 0.15) is 12.3 Å². The fourth-order valence-electron chi connectivity index (χ4n) is 0.571. The van der Waals surface area contributed by atoms with E-state index in [1.54, 1.807) is 0 Å². The Morgan fingerprint density at radius 1 is 1.89 bits per heavy atom. The molecule has 0 aromatic carbocycles. The van der Waals surface area contributed by atoms with Gasteiger partial charge in [-0.25, -0.2) is 4.79 Å². The maximum Gasteiger partial charge on any atom is 0.508 e. The number of ether oxygens (including phenoxy) is 2. The predicted molar refractivity (Wildman–Crippen MR) is 35.0 cm³/mol. The summed E-state index contributed by atoms with van der Waals surface area (Å²) in [6.07, 6.45) is 3.25. The van der Waals surface area contributed by atoms with Crippen molar-refractivity contribution in [3.05, 3.63) is 0 Å². The molecular formula is C5H8O3Si. The van der Waals surface area contributed by atoms with E-state index in [1.165, 1.54) is 0 Å². The van der Waals surface area contributed by atoms with Crippen molar-refractivity contribution in [2.75, 3.05) is 6.61 Å². The number of carbonyl (C=O) groups excluding carboxylic acids is 1. The predicted octanol–water partition coefficient (Wildman–Crippen LogP) is 0.199. The number of cyclic esters (lactones) is 2. The van der Waals surface area contributed by atoms with Crippen LogP contribution in [0.4, 0.5) is 4.79 Å². The molecule has 1 aliphatic heterocycles. The molecule has 50 valence electrons. The summed E-state index contributed by atoms with van der Waals surface area (Å²) >= 11 is 0. The lowest BCUT2D eigenvalue weighted by Gasteiger charge is -2.00. The number of rotatable bonds is 1. The first-order chi connectivity index (χ1) is 4.20. The molecule has 0 radical (unpaired) electrons. The Morgan fingerprint density at radius 2 is 2.56 bits per heavy atom. The Labute approximate surface area is 54.8 Å². The van der Waals surface area contributed by atoms with Crippen LogP contribution in [0.15, 0.2) is 0 Å². The molecule has 0 bridgehead atoms. The summed E-state index contributed by atoms with van der Waals surface area (Å²) in [5, 5.41) is 0. The Balaban J connectivity index is 2.48. The molecule has 1 aliphatic rings. The standard InChI is InChI=1S/C5H8O3Si/c1-9(2)4-3-7-5(6)8-4/h4H,1,3H2,2H3. The van der Waals surface area contributed by atoms with Crippen molar-refractivity contribution in [3.63, 3.8) is 0 Å². The van der Waals surface area contributed by atoms with E-state index in [0.29, 0.717) is 6.61 Å². The van der Waals surface area contributed by atoms with E-state index in [4.69, 9.17) is 4.74 Å². The summed E-state index contributed by atoms with van der Waals surface area (Å²) in [6.45, 7) is 2.38. The fourth-order valence-corrected chi connectivity index (χ4v) is 1.24. The first-order valence-electron chi connectivity index (χ1n) is 2.69. The average molecular weight is 144 g/mol. The topological polar surface area (TPSA) is 35.5 Å². The van der Waals surface area contributed by atoms with E-state index in [-0.39, 0.29) is 5.73 Å². The lowest BCUT2D eigenvalue weighted by Crippen LogP contribution is -2.21. The zero-order valence-corrected chi connectivity index (χ0v) is 6.22. The minimum Gasteiger partial charge on any atom is -0.430 e. The van der Waals surface area contributed by atoms with Crippen molar-refractivity contribution in [1.82, 2.24) is 0 Å². The number of hydrogen-bond acceptors (Lipinski definition) is 3. The van der Waals surface area contributed by atoms with Crippen molar-refractivity contribution in [2.45, 2.75) is 12.3 Å². The molecule has 3 nitrogen and oxygen atoms in total. The monoisotopic (exact) mass is 144 g/mol. The third-order valence-corrected chi connectivity index (χ3v) is 2.52. The minimum absolute atomic E-state index is 0.0394. The molecule has 1 rings (SSSR count). The second-order valence-corrected chi connectivity index (χ2v) is 4.35. The van der Waals surface area contributed by atoms with Gasteiger partial charge >= 0.3 is 6.16 Å². The van der Waals surface area contributed by atoms with E-state index in [1.807, 2.05) is 6.55 Å². The highest BCUT2D eigenvalue weighted by molar-refractivity contribution is 6.62. The van der Waals surface area contributed by atoms with Crippen LogP contribution in [0.3, 0.4) is 0 Å². The second-order valence-electron chi connectivity index (χ2n) is 2.01. The molecule has 0 N–H and O–H groups in total. The third kappa shape index (κ3) is 1.38. The molecule has 1 fully saturated rings. The maximum atomic E-state index is 10.3. The molecule has 0 aromatic rings. The van der Waals surface area contributed by atoms with Crippen LogP contribution in [-0.2, 0) is 9.47 Å². The van der Waals surface area contributed by atoms with Crippen LogP contribution in [0.1, 0.15) is 0 Å². The number of hydrogen-bond donors (Lipinski definition) is 0. The largest absolute Gasteiger partial charge is 0.508 e. The second kappa shape index (κ2) is 2.30. The van der Waals surface area contributed by atoms with Gasteiger partial charge < -0.3 is 9.47 Å². The maximum absolute atomic E-state index is 10.3. The van der Waals surface area contributed by atoms with Gasteiger partial charge in [0.15, 0.2) is 0 Å². The van der Waals surface area contributed by atoms with Crippen molar-refractivity contribution < 1.29 is 14.3 Å². The zero-order valence-electron chi connectivity index (χ0n) is 5.22. The van der Waals surface area contributed by atoms with Crippen LogP contribution in [0.2, 0.25) is 6.55 Å². The lowest BCUT2D eigenvalue weighted by molar-refractivity contribution is 0.128. The van der Waals surface area contributed by atoms with Gasteiger partial charge in [-0.05, 0) is 0 Å². The van der Waals surface area contributed by atoms with Crippen LogP contribution in [-0.4, -0.2) is 33.1 Å². The van der Waals surface area contributed by atoms with Gasteiger partial charge in [-0.15, -0.1) is 6.17 Å². The normalized spacial score (nSPS) is 25.0. The highest BCUT2D eigenvalue weighted by Gasteiger charge is 2.25. The van der Waals surface area contributed by atoms with Crippen molar-refractivity contribution >= 4 is 20.7 Å². The molecule has 0 amide bonds. The minimum atomic E-state index is -0.763. The molecule has 0 spiro atoms. The fraction of sp³-hybridized carbons (Fsp3) is 0.600. The van der Waals surface area contributed by atoms with Gasteiger partial charge in [0, 0.05) is 0 Å². The van der Waals surface area contributed by atoms with Crippen molar-refractivity contribution in [1.29, 1.82) is 0 Å². The molecule has 1 saturated heterocycles. The highest BCUT2D eigenvalue weighted by atomic mass is 28.2. The first kappa shape index (κ1) is 6.48. The van der Waals surface area contributed by atoms with Crippen molar-refractivity contribution in [2.24, 2.45) is 0 Å². The summed E-state index contributed by atoms with van der Waals surface area (Å²) in [6, 6.07) is 0. The molecule has 1 heterocycles. The average Bonchev–Trinajstić information content (AvgIpc) is 2.14. The SMILES string of the molecule is C=[Si](C)C1COC(=O)O1. The van der Waals surface area contributed by atoms with Gasteiger partial charge in [-0.3, -0.25) is 0 Å². The van der Waals surface area contributed by atoms with Gasteiger partial charge in [0.2, 0.25) is 0 Å². The molecule has 0 aromatic heterocycles. The Bertz CT molecular complexity index is 154. The van der Waals surface area contributed by atoms with Crippen LogP contribution in [0.5, 0.6) is 0 Å². The van der Waals surface area contributed by atoms with Gasteiger partial charge in [0.25, 0.3) is 0 Å². The molecule has 1 unspecified atom stereocenters. The van der Waals surface area contributed by atoms with Crippen LogP contribution >= 0.6 is 0 Å². The highest BCUT2D eigenvalue weighted by Crippen LogP contribution is 2.04. The molecule has 4 heteroatoms. The summed E-state index contributed by atoms with van der Waals surface area (Å²) < 4.78 is 9.30. The van der Waals surface area contributed by atoms with Crippen LogP contribution in [0, 0.1) is 0 Å². The zero-order chi connectivity index (χ0) is 6.85. The van der Waals surface area contributed by atoms with Crippen LogP contribution < -0.4 is 0 Å². The smallest absolute Gasteiger partial charge is 0.430 e. The molecular weight excluding hydrogens is 136 g/mol. The van der Waals surface area contributed by atoms with Gasteiger partial charge in [0.05, 0.1) is 8.41 Å². The quantitative estimate of drug-likeness (QED) is 0.389. The molecule has 9 heavy (non-hydrogen) atoms. The van der Waals surface area contributed by atoms with E-state index < -0.39 is 14.6 Å². The van der Waals surface area contributed by atoms with E-state index >= 15 is 0 Å². The summed E-state index contributed by atoms with van der Waals surface area (Å²) in [5.41, 5.74) is -0.0394. The van der Waals surface area contributed by atoms with E-state index in [9.17, 15) is 4.79 Å². The summed E-state index contributed by atoms with van der Waals surface area (Å²) in [5.74, 6) is 0. The molecule has 0 saturated carbocycles. The van der Waals surface area contributed by atoms with Gasteiger partial charge in [-0.2, -0.15) is 0 Å². The summed E-state index contributed by atoms with van der Waals surface area (Å²) in [4.78, 5) is 10.3. The summed E-state index contributed by atoms with van der Waals surface area (Å²) in [7, 11) is -0.763. The lowest BCUT2D eigenvalue weighted by atomic mass is 10.8. The Hall–Kier alpha value is -0.643. The van der Waals surface area contributed by atoms with Crippen molar-refractivity contribution in [3.8, 4) is 0 Å². The number of carbonyl (C=O) groups is 1. The Kier molecular flexibility index (Phi) is 1.66. The third-order valence-electron chi connectivity index (χ3n) is 1.14. The van der Waals surface area contributed by atoms with E-state index in [2.05, 4.69) is 10.9 Å². The molecule has 0 aliphatic carbocycles. The molecule has 1 atom stereocenters. The van der Waals surface area contributed by atoms with Crippen LogP contribution in [0.25, 0.3) is 0 Å².